The van der Waals surface area contributed by atoms with Gasteiger partial charge in [0.15, 0.2) is 5.76 Å². The normalized spacial score (nSPS) is 17.5. The van der Waals surface area contributed by atoms with Gasteiger partial charge in [-0.1, -0.05) is 30.3 Å². The second-order valence-corrected chi connectivity index (χ2v) is 8.89. The first-order valence-corrected chi connectivity index (χ1v) is 11.5. The number of methoxy groups -OCH3 is 1. The van der Waals surface area contributed by atoms with Crippen LogP contribution >= 0.6 is 0 Å². The van der Waals surface area contributed by atoms with Crippen molar-refractivity contribution in [1.82, 2.24) is 4.98 Å². The van der Waals surface area contributed by atoms with Gasteiger partial charge < -0.3 is 19.2 Å². The number of carbonyl (C=O) groups excluding carboxylic acids is 2. The fourth-order valence-electron chi connectivity index (χ4n) is 4.88. The van der Waals surface area contributed by atoms with Gasteiger partial charge in [-0.05, 0) is 59.8 Å². The number of allylic oxidation sites excluding steroid dienone is 1. The number of rotatable bonds is 3. The fourth-order valence-corrected chi connectivity index (χ4v) is 4.88. The van der Waals surface area contributed by atoms with E-state index in [4.69, 9.17) is 14.2 Å². The molecule has 36 heavy (non-hydrogen) atoms. The Morgan fingerprint density at radius 1 is 1.00 bits per heavy atom. The van der Waals surface area contributed by atoms with Gasteiger partial charge in [0.05, 0.1) is 24.6 Å². The molecule has 1 N–H and O–H groups in total. The molecule has 3 heterocycles. The first-order chi connectivity index (χ1) is 17.4. The number of hydrogen-bond acceptors (Lipinski definition) is 6. The average molecular weight is 479 g/mol. The van der Waals surface area contributed by atoms with Crippen molar-refractivity contribution in [2.24, 2.45) is 0 Å². The van der Waals surface area contributed by atoms with E-state index < -0.39 is 11.9 Å². The predicted molar refractivity (Wildman–Crippen MR) is 134 cm³/mol. The molecule has 1 aromatic heterocycles. The third-order valence-corrected chi connectivity index (χ3v) is 6.69. The van der Waals surface area contributed by atoms with E-state index in [9.17, 15) is 14.4 Å². The van der Waals surface area contributed by atoms with Crippen LogP contribution in [-0.4, -0.2) is 23.8 Å². The van der Waals surface area contributed by atoms with E-state index in [2.05, 4.69) is 4.98 Å². The lowest BCUT2D eigenvalue weighted by atomic mass is 9.84. The molecule has 0 amide bonds. The summed E-state index contributed by atoms with van der Waals surface area (Å²) in [7, 11) is 1.59. The molecular weight excluding hydrogens is 458 g/mol. The van der Waals surface area contributed by atoms with Crippen molar-refractivity contribution in [2.75, 3.05) is 7.11 Å². The zero-order valence-electron chi connectivity index (χ0n) is 19.6. The maximum absolute atomic E-state index is 13.2. The van der Waals surface area contributed by atoms with Gasteiger partial charge in [0.1, 0.15) is 17.2 Å². The SMILES string of the molecule is COc1ccc(/C=C2\Oc3c(ccc4c3C(c3cc5cccc(C)c5[nH]c3=O)CC(=O)O4)C2=O)cc1. The number of ketones is 1. The number of pyridine rings is 1. The quantitative estimate of drug-likeness (QED) is 0.255. The van der Waals surface area contributed by atoms with Crippen molar-refractivity contribution in [1.29, 1.82) is 0 Å². The highest BCUT2D eigenvalue weighted by atomic mass is 16.5. The number of Topliss-reactive ketones (excluding diaryl/α,β-unsaturated/α-hetero) is 1. The van der Waals surface area contributed by atoms with Crippen molar-refractivity contribution in [3.8, 4) is 17.2 Å². The molecule has 0 spiro atoms. The minimum atomic E-state index is -0.627. The van der Waals surface area contributed by atoms with E-state index >= 15 is 0 Å². The molecule has 2 aliphatic heterocycles. The standard InChI is InChI=1S/C29H21NO6/c1-15-4-3-5-17-13-21(29(33)30-26(15)17)20-14-24(31)35-22-11-10-19-27(32)23(36-28(19)25(20)22)12-16-6-8-18(34-2)9-7-16/h3-13,20H,14H2,1-2H3,(H,30,33)/b23-12-. The van der Waals surface area contributed by atoms with E-state index in [0.717, 1.165) is 22.0 Å². The highest BCUT2D eigenvalue weighted by Crippen LogP contribution is 2.48. The smallest absolute Gasteiger partial charge is 0.312 e. The van der Waals surface area contributed by atoms with E-state index in [1.165, 1.54) is 0 Å². The first kappa shape index (κ1) is 21.9. The number of esters is 1. The Labute approximate surface area is 205 Å². The molecule has 0 saturated carbocycles. The van der Waals surface area contributed by atoms with Gasteiger partial charge in [-0.2, -0.15) is 0 Å². The van der Waals surface area contributed by atoms with Gasteiger partial charge >= 0.3 is 5.97 Å². The van der Waals surface area contributed by atoms with Gasteiger partial charge in [-0.15, -0.1) is 0 Å². The molecule has 178 valence electrons. The second-order valence-electron chi connectivity index (χ2n) is 8.89. The molecule has 0 fully saturated rings. The lowest BCUT2D eigenvalue weighted by Crippen LogP contribution is -2.26. The Bertz CT molecular complexity index is 1660. The summed E-state index contributed by atoms with van der Waals surface area (Å²) in [4.78, 5) is 41.8. The van der Waals surface area contributed by atoms with Gasteiger partial charge in [0.25, 0.3) is 5.56 Å². The summed E-state index contributed by atoms with van der Waals surface area (Å²) < 4.78 is 16.8. The summed E-state index contributed by atoms with van der Waals surface area (Å²) in [6.45, 7) is 1.92. The number of aromatic nitrogens is 1. The maximum atomic E-state index is 13.2. The second kappa shape index (κ2) is 8.23. The van der Waals surface area contributed by atoms with Crippen LogP contribution in [0.1, 0.15) is 45.0 Å². The van der Waals surface area contributed by atoms with E-state index in [-0.39, 0.29) is 29.3 Å². The van der Waals surface area contributed by atoms with Crippen LogP contribution in [-0.2, 0) is 4.79 Å². The molecular formula is C29H21NO6. The summed E-state index contributed by atoms with van der Waals surface area (Å²) in [6, 6.07) is 18.0. The monoisotopic (exact) mass is 479 g/mol. The third-order valence-electron chi connectivity index (χ3n) is 6.69. The number of nitrogens with one attached hydrogen (secondary N) is 1. The third kappa shape index (κ3) is 3.48. The zero-order valence-corrected chi connectivity index (χ0v) is 19.6. The molecule has 6 rings (SSSR count). The predicted octanol–water partition coefficient (Wildman–Crippen LogP) is 4.90. The highest BCUT2D eigenvalue weighted by molar-refractivity contribution is 6.15. The van der Waals surface area contributed by atoms with Gasteiger partial charge in [-0.3, -0.25) is 14.4 Å². The summed E-state index contributed by atoms with van der Waals surface area (Å²) in [5.74, 6) is 0.112. The Balaban J connectivity index is 1.48. The first-order valence-electron chi connectivity index (χ1n) is 11.5. The number of H-pyrrole nitrogens is 1. The van der Waals surface area contributed by atoms with E-state index in [1.807, 2.05) is 37.3 Å². The summed E-state index contributed by atoms with van der Waals surface area (Å²) in [6.07, 6.45) is 1.61. The lowest BCUT2D eigenvalue weighted by molar-refractivity contribution is -0.135. The van der Waals surface area contributed by atoms with Crippen molar-refractivity contribution < 1.29 is 23.8 Å². The van der Waals surface area contributed by atoms with Crippen molar-refractivity contribution >= 4 is 28.7 Å². The van der Waals surface area contributed by atoms with Gasteiger partial charge in [0.2, 0.25) is 5.78 Å². The molecule has 1 unspecified atom stereocenters. The van der Waals surface area contributed by atoms with Crippen molar-refractivity contribution in [2.45, 2.75) is 19.3 Å². The van der Waals surface area contributed by atoms with Crippen LogP contribution in [0.4, 0.5) is 0 Å². The van der Waals surface area contributed by atoms with Crippen LogP contribution in [0.25, 0.3) is 17.0 Å². The molecule has 3 aromatic carbocycles. The Morgan fingerprint density at radius 3 is 2.58 bits per heavy atom. The topological polar surface area (TPSA) is 94.7 Å². The lowest BCUT2D eigenvalue weighted by Gasteiger charge is -2.26. The molecule has 0 radical (unpaired) electrons. The Morgan fingerprint density at radius 2 is 1.81 bits per heavy atom. The summed E-state index contributed by atoms with van der Waals surface area (Å²) in [5, 5.41) is 0.856. The fraction of sp³-hybridized carbons (Fsp3) is 0.138. The summed E-state index contributed by atoms with van der Waals surface area (Å²) >= 11 is 0. The van der Waals surface area contributed by atoms with E-state index in [1.54, 1.807) is 43.5 Å². The number of aromatic amines is 1. The van der Waals surface area contributed by atoms with E-state index in [0.29, 0.717) is 28.2 Å². The highest BCUT2D eigenvalue weighted by Gasteiger charge is 2.39. The molecule has 4 aromatic rings. The largest absolute Gasteiger partial charge is 0.497 e. The molecule has 7 heteroatoms. The number of fused-ring (bicyclic) bond motifs is 4. The van der Waals surface area contributed by atoms with Gasteiger partial charge in [0, 0.05) is 17.0 Å². The number of ether oxygens (including phenoxy) is 3. The molecule has 0 saturated heterocycles. The zero-order chi connectivity index (χ0) is 25.0. The van der Waals surface area contributed by atoms with Crippen molar-refractivity contribution in [3.05, 3.63) is 105 Å². The number of aryl methyl sites for hydroxylation is 1. The van der Waals surface area contributed by atoms with Crippen LogP contribution in [0.3, 0.4) is 0 Å². The van der Waals surface area contributed by atoms with Crippen molar-refractivity contribution in [3.63, 3.8) is 0 Å². The Kier molecular flexibility index (Phi) is 5.00. The Hall–Kier alpha value is -4.65. The van der Waals surface area contributed by atoms with Crippen LogP contribution in [0, 0.1) is 6.92 Å². The number of hydrogen-bond donors (Lipinski definition) is 1. The maximum Gasteiger partial charge on any atom is 0.312 e. The number of para-hydroxylation sites is 1. The van der Waals surface area contributed by atoms with Crippen LogP contribution in [0.15, 0.2) is 71.2 Å². The van der Waals surface area contributed by atoms with Crippen LogP contribution < -0.4 is 19.8 Å². The molecule has 0 bridgehead atoms. The van der Waals surface area contributed by atoms with Crippen LogP contribution in [0.2, 0.25) is 0 Å². The number of carbonyl (C=O) groups is 2. The molecule has 0 aliphatic carbocycles. The minimum absolute atomic E-state index is 0.0427. The molecule has 2 aliphatic rings. The molecule has 1 atom stereocenters. The average Bonchev–Trinajstić information content (AvgIpc) is 3.19. The van der Waals surface area contributed by atoms with Crippen LogP contribution in [0.5, 0.6) is 17.2 Å². The minimum Gasteiger partial charge on any atom is -0.497 e. The van der Waals surface area contributed by atoms with Gasteiger partial charge in [-0.25, -0.2) is 0 Å². The molecule has 7 nitrogen and oxygen atoms in total. The number of benzene rings is 3. The summed E-state index contributed by atoms with van der Waals surface area (Å²) in [5.41, 5.74) is 3.48.